The van der Waals surface area contributed by atoms with Crippen LogP contribution < -0.4 is 0 Å². The number of alkyl halides is 3. The van der Waals surface area contributed by atoms with Gasteiger partial charge in [-0.25, -0.2) is 9.78 Å². The first-order valence-electron chi connectivity index (χ1n) is 10.8. The van der Waals surface area contributed by atoms with Crippen LogP contribution in [0.25, 0.3) is 33.9 Å². The Bertz CT molecular complexity index is 1500. The number of halogens is 4. The summed E-state index contributed by atoms with van der Waals surface area (Å²) < 4.78 is 33.6. The number of hydrogen-bond acceptors (Lipinski definition) is 4. The molecule has 0 aliphatic carbocycles. The maximum absolute atomic E-state index is 10.6. The van der Waals surface area contributed by atoms with E-state index in [0.29, 0.717) is 6.54 Å². The molecule has 3 heterocycles. The van der Waals surface area contributed by atoms with E-state index in [1.807, 2.05) is 77.9 Å². The third-order valence-electron chi connectivity index (χ3n) is 5.11. The van der Waals surface area contributed by atoms with Crippen molar-refractivity contribution < 1.29 is 23.1 Å². The summed E-state index contributed by atoms with van der Waals surface area (Å²) in [5.41, 5.74) is 6.02. The maximum Gasteiger partial charge on any atom is 0.490 e. The van der Waals surface area contributed by atoms with E-state index in [-0.39, 0.29) is 0 Å². The van der Waals surface area contributed by atoms with Crippen molar-refractivity contribution in [2.45, 2.75) is 12.7 Å². The van der Waals surface area contributed by atoms with Crippen molar-refractivity contribution in [2.24, 2.45) is 0 Å². The molecule has 0 saturated carbocycles. The lowest BCUT2D eigenvalue weighted by Gasteiger charge is -2.03. The second-order valence-electron chi connectivity index (χ2n) is 7.80. The van der Waals surface area contributed by atoms with Crippen LogP contribution in [0.1, 0.15) is 5.56 Å². The van der Waals surface area contributed by atoms with Crippen LogP contribution in [0.3, 0.4) is 0 Å². The number of rotatable bonds is 5. The van der Waals surface area contributed by atoms with Crippen LogP contribution in [0.2, 0.25) is 5.02 Å². The molecule has 0 fully saturated rings. The van der Waals surface area contributed by atoms with Gasteiger partial charge in [-0.2, -0.15) is 18.3 Å². The van der Waals surface area contributed by atoms with Crippen molar-refractivity contribution in [3.05, 3.63) is 102 Å². The number of benzene rings is 2. The smallest absolute Gasteiger partial charge is 0.475 e. The number of aromatic amines is 1. The number of carbonyl (C=O) groups is 1. The third kappa shape index (κ3) is 6.83. The summed E-state index contributed by atoms with van der Waals surface area (Å²) in [6.07, 6.45) is 2.43. The van der Waals surface area contributed by atoms with Gasteiger partial charge in [0.2, 0.25) is 0 Å². The van der Waals surface area contributed by atoms with E-state index >= 15 is 0 Å². The van der Waals surface area contributed by atoms with Gasteiger partial charge in [0.05, 0.1) is 24.6 Å². The van der Waals surface area contributed by atoms with Crippen LogP contribution in [0.5, 0.6) is 0 Å². The van der Waals surface area contributed by atoms with E-state index in [1.165, 1.54) is 0 Å². The van der Waals surface area contributed by atoms with Crippen molar-refractivity contribution >= 4 is 17.6 Å². The molecule has 0 unspecified atom stereocenters. The molecule has 37 heavy (non-hydrogen) atoms. The number of carboxylic acid groups (broad SMARTS) is 1. The predicted octanol–water partition coefficient (Wildman–Crippen LogP) is 6.34. The lowest BCUT2D eigenvalue weighted by molar-refractivity contribution is -0.192. The minimum atomic E-state index is -5.08. The number of aromatic nitrogens is 5. The first-order valence-corrected chi connectivity index (χ1v) is 11.2. The molecule has 7 nitrogen and oxygen atoms in total. The largest absolute Gasteiger partial charge is 0.490 e. The maximum atomic E-state index is 10.6. The molecule has 0 aliphatic heterocycles. The molecule has 5 rings (SSSR count). The van der Waals surface area contributed by atoms with Crippen LogP contribution in [0.15, 0.2) is 91.5 Å². The van der Waals surface area contributed by atoms with Crippen molar-refractivity contribution in [1.82, 2.24) is 24.7 Å². The Hall–Kier alpha value is -4.44. The minimum Gasteiger partial charge on any atom is -0.475 e. The Morgan fingerprint density at radius 3 is 2.41 bits per heavy atom. The lowest BCUT2D eigenvalue weighted by Crippen LogP contribution is -2.21. The normalized spacial score (nSPS) is 11.0. The Kier molecular flexibility index (Phi) is 7.69. The van der Waals surface area contributed by atoms with Crippen molar-refractivity contribution in [3.8, 4) is 33.9 Å². The van der Waals surface area contributed by atoms with Gasteiger partial charge in [0, 0.05) is 23.0 Å². The molecule has 0 atom stereocenters. The first kappa shape index (κ1) is 25.6. The number of pyridine rings is 1. The van der Waals surface area contributed by atoms with Crippen LogP contribution in [0, 0.1) is 0 Å². The number of carboxylic acids is 1. The molecular weight excluding hydrogens is 507 g/mol. The van der Waals surface area contributed by atoms with E-state index in [4.69, 9.17) is 21.5 Å². The summed E-state index contributed by atoms with van der Waals surface area (Å²) in [4.78, 5) is 21.3. The van der Waals surface area contributed by atoms with Gasteiger partial charge < -0.3 is 10.1 Å². The summed E-state index contributed by atoms with van der Waals surface area (Å²) >= 11 is 6.08. The monoisotopic (exact) mass is 525 g/mol. The van der Waals surface area contributed by atoms with Crippen molar-refractivity contribution in [1.29, 1.82) is 0 Å². The zero-order chi connectivity index (χ0) is 26.4. The number of H-pyrrole nitrogens is 1. The molecule has 0 aliphatic rings. The topological polar surface area (TPSA) is 96.7 Å². The molecule has 11 heteroatoms. The molecule has 188 valence electrons. The summed E-state index contributed by atoms with van der Waals surface area (Å²) in [6, 6.07) is 21.9. The zero-order valence-electron chi connectivity index (χ0n) is 19.0. The van der Waals surface area contributed by atoms with Crippen molar-refractivity contribution in [3.63, 3.8) is 0 Å². The summed E-state index contributed by atoms with van der Waals surface area (Å²) in [5.74, 6) is -2.02. The molecule has 0 amide bonds. The number of imidazole rings is 1. The average Bonchev–Trinajstić information content (AvgIpc) is 3.55. The van der Waals surface area contributed by atoms with Gasteiger partial charge in [-0.3, -0.25) is 9.67 Å². The lowest BCUT2D eigenvalue weighted by atomic mass is 10.1. The third-order valence-corrected chi connectivity index (χ3v) is 5.34. The summed E-state index contributed by atoms with van der Waals surface area (Å²) in [6.45, 7) is 0.664. The van der Waals surface area contributed by atoms with E-state index < -0.39 is 12.1 Å². The van der Waals surface area contributed by atoms with Crippen LogP contribution in [-0.4, -0.2) is 42.0 Å². The molecule has 3 aromatic heterocycles. The Balaban J connectivity index is 0.000000405. The first-order chi connectivity index (χ1) is 17.7. The molecule has 2 aromatic carbocycles. The highest BCUT2D eigenvalue weighted by Crippen LogP contribution is 2.25. The van der Waals surface area contributed by atoms with Crippen LogP contribution in [-0.2, 0) is 11.3 Å². The summed E-state index contributed by atoms with van der Waals surface area (Å²) in [5, 5.41) is 12.3. The molecule has 0 saturated heterocycles. The van der Waals surface area contributed by atoms with Crippen LogP contribution >= 0.6 is 11.6 Å². The highest BCUT2D eigenvalue weighted by molar-refractivity contribution is 6.30. The second kappa shape index (κ2) is 11.1. The fourth-order valence-electron chi connectivity index (χ4n) is 3.38. The number of aliphatic carboxylic acids is 1. The predicted molar refractivity (Wildman–Crippen MR) is 133 cm³/mol. The van der Waals surface area contributed by atoms with E-state index in [9.17, 15) is 13.2 Å². The van der Waals surface area contributed by atoms with Gasteiger partial charge in [0.1, 0.15) is 5.69 Å². The van der Waals surface area contributed by atoms with Gasteiger partial charge in [0.25, 0.3) is 0 Å². The van der Waals surface area contributed by atoms with Crippen molar-refractivity contribution in [2.75, 3.05) is 0 Å². The molecule has 0 bridgehead atoms. The molecular formula is C26H19ClF3N5O2. The Labute approximate surface area is 214 Å². The SMILES string of the molecule is Clc1cccc(Cn2cc(-c3ccnc(-c4ncc(-c5ccccc5)[nH]4)c3)cn2)c1.O=C(O)C(F)(F)F. The summed E-state index contributed by atoms with van der Waals surface area (Å²) in [7, 11) is 0. The Morgan fingerprint density at radius 2 is 1.70 bits per heavy atom. The minimum absolute atomic E-state index is 0.664. The zero-order valence-corrected chi connectivity index (χ0v) is 19.8. The highest BCUT2D eigenvalue weighted by atomic mass is 35.5. The second-order valence-corrected chi connectivity index (χ2v) is 8.24. The van der Waals surface area contributed by atoms with E-state index in [0.717, 1.165) is 44.5 Å². The number of nitrogens with one attached hydrogen (secondary N) is 1. The Morgan fingerprint density at radius 1 is 0.946 bits per heavy atom. The van der Waals surface area contributed by atoms with Gasteiger partial charge in [-0.15, -0.1) is 0 Å². The fraction of sp³-hybridized carbons (Fsp3) is 0.0769. The van der Waals surface area contributed by atoms with Gasteiger partial charge in [-0.05, 0) is 41.0 Å². The molecule has 0 spiro atoms. The fourth-order valence-corrected chi connectivity index (χ4v) is 3.59. The number of nitrogens with zero attached hydrogens (tertiary/aromatic N) is 4. The van der Waals surface area contributed by atoms with Gasteiger partial charge in [0.15, 0.2) is 5.82 Å². The quantitative estimate of drug-likeness (QED) is 0.279. The number of hydrogen-bond donors (Lipinski definition) is 2. The highest BCUT2D eigenvalue weighted by Gasteiger charge is 2.38. The molecule has 5 aromatic rings. The van der Waals surface area contributed by atoms with Gasteiger partial charge >= 0.3 is 12.1 Å². The van der Waals surface area contributed by atoms with Crippen LogP contribution in [0.4, 0.5) is 13.2 Å². The van der Waals surface area contributed by atoms with Gasteiger partial charge in [-0.1, -0.05) is 54.1 Å². The average molecular weight is 526 g/mol. The molecule has 2 N–H and O–H groups in total. The van der Waals surface area contributed by atoms with E-state index in [2.05, 4.69) is 32.2 Å². The standard InChI is InChI=1S/C24H18ClN5.C2HF3O2/c25-21-8-4-5-17(11-21)15-30-16-20(13-28-30)19-9-10-26-22(12-19)24-27-14-23(29-24)18-6-2-1-3-7-18;3-2(4,5)1(6)7/h1-14,16H,15H2,(H,27,29);(H,6,7). The molecule has 0 radical (unpaired) electrons. The van der Waals surface area contributed by atoms with E-state index in [1.54, 1.807) is 6.20 Å².